The van der Waals surface area contributed by atoms with Gasteiger partial charge in [0.25, 0.3) is 10.1 Å². The van der Waals surface area contributed by atoms with E-state index in [1.165, 1.54) is 56.3 Å². The fraction of sp³-hybridized carbons (Fsp3) is 0.290. The van der Waals surface area contributed by atoms with Gasteiger partial charge in [-0.2, -0.15) is 8.42 Å². The summed E-state index contributed by atoms with van der Waals surface area (Å²) in [6, 6.07) is 11.3. The topological polar surface area (TPSA) is 251 Å². The number of phenols is 2. The van der Waals surface area contributed by atoms with E-state index in [0.29, 0.717) is 0 Å². The second kappa shape index (κ2) is 13.4. The van der Waals surface area contributed by atoms with E-state index in [9.17, 15) is 58.2 Å². The van der Waals surface area contributed by atoms with Gasteiger partial charge in [-0.05, 0) is 66.4 Å². The molecule has 0 saturated carbocycles. The summed E-state index contributed by atoms with van der Waals surface area (Å²) in [4.78, 5) is 46.9. The minimum atomic E-state index is -4.48. The quantitative estimate of drug-likeness (QED) is 0.157. The van der Waals surface area contributed by atoms with Gasteiger partial charge >= 0.3 is 0 Å². The van der Waals surface area contributed by atoms with Crippen molar-refractivity contribution in [2.75, 3.05) is 26.2 Å². The van der Waals surface area contributed by atoms with Crippen LogP contribution in [0, 0.1) is 13.8 Å². The third-order valence-electron chi connectivity index (χ3n) is 7.54. The van der Waals surface area contributed by atoms with Crippen molar-refractivity contribution in [1.29, 1.82) is 0 Å². The molecule has 0 radical (unpaired) electrons. The van der Waals surface area contributed by atoms with Crippen LogP contribution in [0.5, 0.6) is 11.5 Å². The molecule has 2 N–H and O–H groups in total. The molecule has 1 aliphatic heterocycles. The van der Waals surface area contributed by atoms with Gasteiger partial charge in [-0.15, -0.1) is 0 Å². The van der Waals surface area contributed by atoms with Crippen molar-refractivity contribution >= 4 is 34.0 Å². The first kappa shape index (κ1) is 34.8. The number of phenolic OH excluding ortho intramolecular Hbond substituents is 2. The molecule has 0 aliphatic carbocycles. The van der Waals surface area contributed by atoms with Crippen molar-refractivity contribution in [2.45, 2.75) is 37.4 Å². The maximum atomic E-state index is 13.5. The molecular formula is C31H28N2O13S-4. The van der Waals surface area contributed by atoms with E-state index in [1.54, 1.807) is 6.07 Å². The van der Waals surface area contributed by atoms with Gasteiger partial charge in [-0.1, -0.05) is 18.2 Å². The maximum Gasteiger partial charge on any atom is 0.298 e. The SMILES string of the molecule is Cc1cc(C2(c3cc(C)c(O)c(CN(CC(=O)[O-])CC(=O)[O-])c3)OS(=O)(=O)c3ccccc32)cc(CN(CC(=O)[O-])CC(=O)[O-])c1O. The average molecular weight is 669 g/mol. The van der Waals surface area contributed by atoms with Gasteiger partial charge in [0.15, 0.2) is 5.60 Å². The van der Waals surface area contributed by atoms with Crippen LogP contribution in [0.3, 0.4) is 0 Å². The van der Waals surface area contributed by atoms with Crippen molar-refractivity contribution in [2.24, 2.45) is 0 Å². The van der Waals surface area contributed by atoms with Crippen LogP contribution in [-0.2, 0) is 52.2 Å². The van der Waals surface area contributed by atoms with Crippen molar-refractivity contribution < 1.29 is 62.4 Å². The molecule has 15 nitrogen and oxygen atoms in total. The molecule has 47 heavy (non-hydrogen) atoms. The highest BCUT2D eigenvalue weighted by Crippen LogP contribution is 2.52. The lowest BCUT2D eigenvalue weighted by Gasteiger charge is -2.32. The largest absolute Gasteiger partial charge is 0.549 e. The van der Waals surface area contributed by atoms with E-state index in [0.717, 1.165) is 9.80 Å². The van der Waals surface area contributed by atoms with Crippen LogP contribution in [0.1, 0.15) is 38.9 Å². The lowest BCUT2D eigenvalue weighted by molar-refractivity contribution is -0.313. The number of aryl methyl sites for hydroxylation is 2. The number of fused-ring (bicyclic) bond motifs is 1. The van der Waals surface area contributed by atoms with E-state index in [4.69, 9.17) is 4.18 Å². The number of benzene rings is 3. The number of hydrogen-bond donors (Lipinski definition) is 2. The average Bonchev–Trinajstić information content (AvgIpc) is 3.20. The van der Waals surface area contributed by atoms with Gasteiger partial charge in [0.2, 0.25) is 0 Å². The number of hydrogen-bond acceptors (Lipinski definition) is 15. The van der Waals surface area contributed by atoms with Crippen LogP contribution >= 0.6 is 0 Å². The molecule has 0 amide bonds. The van der Waals surface area contributed by atoms with Crippen molar-refractivity contribution in [3.05, 3.63) is 87.5 Å². The Balaban J connectivity index is 2.00. The highest BCUT2D eigenvalue weighted by Gasteiger charge is 2.52. The third kappa shape index (κ3) is 7.36. The van der Waals surface area contributed by atoms with Crippen LogP contribution in [0.2, 0.25) is 0 Å². The molecule has 16 heteroatoms. The molecule has 0 atom stereocenters. The minimum Gasteiger partial charge on any atom is -0.549 e. The first-order valence-corrected chi connectivity index (χ1v) is 15.3. The van der Waals surface area contributed by atoms with E-state index >= 15 is 0 Å². The molecule has 3 aromatic rings. The number of aliphatic carboxylic acids is 4. The van der Waals surface area contributed by atoms with Crippen molar-refractivity contribution in [3.63, 3.8) is 0 Å². The second-order valence-electron chi connectivity index (χ2n) is 11.1. The summed E-state index contributed by atoms with van der Waals surface area (Å²) < 4.78 is 32.9. The molecule has 3 aromatic carbocycles. The highest BCUT2D eigenvalue weighted by molar-refractivity contribution is 7.87. The van der Waals surface area contributed by atoms with Crippen LogP contribution in [0.4, 0.5) is 0 Å². The Kier molecular flexibility index (Phi) is 9.91. The summed E-state index contributed by atoms with van der Waals surface area (Å²) in [7, 11) is -4.48. The van der Waals surface area contributed by atoms with E-state index in [2.05, 4.69) is 0 Å². The summed E-state index contributed by atoms with van der Waals surface area (Å²) in [6.45, 7) is -1.33. The fourth-order valence-corrected chi connectivity index (χ4v) is 7.13. The van der Waals surface area contributed by atoms with Crippen LogP contribution in [0.25, 0.3) is 0 Å². The molecular weight excluding hydrogens is 640 g/mol. The molecule has 0 bridgehead atoms. The summed E-state index contributed by atoms with van der Waals surface area (Å²) in [5.74, 6) is -7.11. The number of carboxylic acids is 4. The minimum absolute atomic E-state index is 0.00271. The molecule has 250 valence electrons. The molecule has 1 heterocycles. The van der Waals surface area contributed by atoms with E-state index < -0.39 is 78.9 Å². The predicted octanol–water partition coefficient (Wildman–Crippen LogP) is -3.67. The Labute approximate surface area is 268 Å². The Hall–Kier alpha value is -5.03. The lowest BCUT2D eigenvalue weighted by atomic mass is 9.78. The van der Waals surface area contributed by atoms with Gasteiger partial charge in [-0.3, -0.25) is 9.80 Å². The number of carboxylic acid groups (broad SMARTS) is 4. The number of carbonyl (C=O) groups excluding carboxylic acids is 4. The molecule has 4 rings (SSSR count). The summed E-state index contributed by atoms with van der Waals surface area (Å²) in [5.41, 5.74) is -1.39. The van der Waals surface area contributed by atoms with E-state index in [1.807, 2.05) is 0 Å². The summed E-state index contributed by atoms with van der Waals surface area (Å²) >= 11 is 0. The molecule has 0 saturated heterocycles. The van der Waals surface area contributed by atoms with Gasteiger partial charge in [0, 0.05) is 56.0 Å². The van der Waals surface area contributed by atoms with Crippen molar-refractivity contribution in [1.82, 2.24) is 9.80 Å². The van der Waals surface area contributed by atoms with E-state index in [-0.39, 0.29) is 55.3 Å². The molecule has 0 spiro atoms. The van der Waals surface area contributed by atoms with Gasteiger partial charge in [0.05, 0.1) is 23.9 Å². The first-order chi connectivity index (χ1) is 21.9. The Bertz CT molecular complexity index is 1750. The number of carbonyl (C=O) groups is 4. The number of nitrogens with zero attached hydrogens (tertiary/aromatic N) is 2. The van der Waals surface area contributed by atoms with Crippen molar-refractivity contribution in [3.8, 4) is 11.5 Å². The zero-order valence-corrected chi connectivity index (χ0v) is 25.9. The maximum absolute atomic E-state index is 13.5. The smallest absolute Gasteiger partial charge is 0.298 e. The van der Waals surface area contributed by atoms with Crippen LogP contribution < -0.4 is 20.4 Å². The standard InChI is InChI=1S/C31H32N2O13S/c1-17-7-21(9-19(29(17)42)11-32(13-25(34)35)14-26(36)37)31(23-5-3-4-6-24(23)47(44,45)46-31)22-8-18(2)30(43)20(10-22)12-33(15-27(38)39)16-28(40)41/h3-10,42-43H,11-16H2,1-2H3,(H,34,35)(H,36,37)(H,38,39)(H,40,41)/p-4. The molecule has 0 fully saturated rings. The zero-order valence-electron chi connectivity index (χ0n) is 25.0. The fourth-order valence-electron chi connectivity index (χ4n) is 5.70. The van der Waals surface area contributed by atoms with Crippen LogP contribution in [-0.4, -0.2) is 78.5 Å². The summed E-state index contributed by atoms with van der Waals surface area (Å²) in [5, 5.41) is 67.2. The Morgan fingerprint density at radius 3 is 1.47 bits per heavy atom. The normalized spacial score (nSPS) is 14.6. The lowest BCUT2D eigenvalue weighted by Crippen LogP contribution is -2.43. The number of rotatable bonds is 14. The molecule has 0 unspecified atom stereocenters. The zero-order chi connectivity index (χ0) is 34.8. The van der Waals surface area contributed by atoms with Crippen LogP contribution in [0.15, 0.2) is 53.4 Å². The number of aromatic hydroxyl groups is 2. The monoisotopic (exact) mass is 668 g/mol. The predicted molar refractivity (Wildman–Crippen MR) is 151 cm³/mol. The second-order valence-corrected chi connectivity index (χ2v) is 12.6. The van der Waals surface area contributed by atoms with Gasteiger partial charge in [-0.25, -0.2) is 4.18 Å². The van der Waals surface area contributed by atoms with Gasteiger partial charge < -0.3 is 49.8 Å². The van der Waals surface area contributed by atoms with Gasteiger partial charge in [0.1, 0.15) is 16.4 Å². The highest BCUT2D eigenvalue weighted by atomic mass is 32.2. The summed E-state index contributed by atoms with van der Waals surface area (Å²) in [6.07, 6.45) is 0. The molecule has 1 aliphatic rings. The Morgan fingerprint density at radius 2 is 1.09 bits per heavy atom. The third-order valence-corrected chi connectivity index (χ3v) is 8.91. The molecule has 0 aromatic heterocycles. The first-order valence-electron chi connectivity index (χ1n) is 13.9. The Morgan fingerprint density at radius 1 is 0.702 bits per heavy atom.